The molecule has 0 amide bonds. The Labute approximate surface area is 129 Å². The molecule has 0 N–H and O–H groups in total. The third-order valence-electron chi connectivity index (χ3n) is 3.38. The van der Waals surface area contributed by atoms with Crippen LogP contribution in [0.2, 0.25) is 0 Å². The van der Waals surface area contributed by atoms with Crippen LogP contribution in [0.5, 0.6) is 5.75 Å². The molecule has 1 atom stereocenters. The number of benzene rings is 1. The Balaban J connectivity index is 2.75. The lowest BCUT2D eigenvalue weighted by molar-refractivity contribution is -0.274. The van der Waals surface area contributed by atoms with Crippen molar-refractivity contribution in [1.29, 1.82) is 0 Å². The van der Waals surface area contributed by atoms with E-state index in [0.29, 0.717) is 6.42 Å². The number of hydrogen-bond acceptors (Lipinski definition) is 2. The van der Waals surface area contributed by atoms with E-state index in [1.165, 1.54) is 18.2 Å². The van der Waals surface area contributed by atoms with E-state index in [9.17, 15) is 18.0 Å². The Morgan fingerprint density at radius 2 is 1.86 bits per heavy atom. The molecular weight excluding hydrogens is 293 g/mol. The first-order valence-corrected chi connectivity index (χ1v) is 7.42. The number of ether oxygens (including phenoxy) is 1. The van der Waals surface area contributed by atoms with Crippen LogP contribution in [-0.2, 0) is 4.79 Å². The van der Waals surface area contributed by atoms with Gasteiger partial charge in [0.2, 0.25) is 0 Å². The van der Waals surface area contributed by atoms with Gasteiger partial charge in [-0.05, 0) is 42.5 Å². The molecule has 1 rings (SSSR count). The molecular formula is C17H21F3O2. The number of rotatable bonds is 9. The lowest BCUT2D eigenvalue weighted by atomic mass is 9.90. The number of aldehydes is 1. The first kappa shape index (κ1) is 18.3. The molecule has 1 aromatic carbocycles. The summed E-state index contributed by atoms with van der Waals surface area (Å²) in [4.78, 5) is 10.4. The van der Waals surface area contributed by atoms with Gasteiger partial charge in [-0.25, -0.2) is 0 Å². The van der Waals surface area contributed by atoms with Gasteiger partial charge >= 0.3 is 6.36 Å². The smallest absolute Gasteiger partial charge is 0.406 e. The van der Waals surface area contributed by atoms with Gasteiger partial charge in [-0.15, -0.1) is 13.2 Å². The summed E-state index contributed by atoms with van der Waals surface area (Å²) in [5.74, 6) is -0.0188. The number of allylic oxidation sites excluding steroid dienone is 2. The van der Waals surface area contributed by atoms with Crippen molar-refractivity contribution in [3.63, 3.8) is 0 Å². The molecule has 0 aliphatic rings. The number of unbranched alkanes of at least 4 members (excludes halogenated alkanes) is 2. The predicted octanol–water partition coefficient (Wildman–Crippen LogP) is 5.39. The molecule has 0 fully saturated rings. The standard InChI is InChI=1S/C17H21F3O2/c1-2-3-4-7-14(8-5-6-13-21)15-9-11-16(12-10-15)22-17(18,19)20/h5-6,9-14H,2-4,7-8H2,1H3/b6-5+. The molecule has 0 bridgehead atoms. The summed E-state index contributed by atoms with van der Waals surface area (Å²) in [7, 11) is 0. The zero-order valence-electron chi connectivity index (χ0n) is 12.6. The highest BCUT2D eigenvalue weighted by atomic mass is 19.4. The van der Waals surface area contributed by atoms with E-state index in [2.05, 4.69) is 11.7 Å². The van der Waals surface area contributed by atoms with Gasteiger partial charge in [0, 0.05) is 0 Å². The molecule has 0 spiro atoms. The summed E-state index contributed by atoms with van der Waals surface area (Å²) in [6.45, 7) is 2.12. The second-order valence-electron chi connectivity index (χ2n) is 5.11. The Hall–Kier alpha value is -1.78. The number of hydrogen-bond donors (Lipinski definition) is 0. The van der Waals surface area contributed by atoms with Crippen LogP contribution in [0.15, 0.2) is 36.4 Å². The Morgan fingerprint density at radius 3 is 2.41 bits per heavy atom. The average Bonchev–Trinajstić information content (AvgIpc) is 2.45. The summed E-state index contributed by atoms with van der Waals surface area (Å²) < 4.78 is 40.3. The second-order valence-corrected chi connectivity index (χ2v) is 5.11. The molecule has 0 saturated carbocycles. The number of halogens is 3. The fraction of sp³-hybridized carbons (Fsp3) is 0.471. The molecule has 1 unspecified atom stereocenters. The molecule has 2 nitrogen and oxygen atoms in total. The van der Waals surface area contributed by atoms with Gasteiger partial charge in [0.15, 0.2) is 0 Å². The van der Waals surface area contributed by atoms with Gasteiger partial charge in [-0.3, -0.25) is 4.79 Å². The Bertz CT molecular complexity index is 464. The molecule has 1 aromatic rings. The summed E-state index contributed by atoms with van der Waals surface area (Å²) in [5.41, 5.74) is 0.959. The van der Waals surface area contributed by atoms with E-state index in [0.717, 1.165) is 37.5 Å². The Morgan fingerprint density at radius 1 is 1.18 bits per heavy atom. The van der Waals surface area contributed by atoms with Crippen LogP contribution in [0, 0.1) is 0 Å². The van der Waals surface area contributed by atoms with Gasteiger partial charge in [0.05, 0.1) is 0 Å². The summed E-state index contributed by atoms with van der Waals surface area (Å²) in [6, 6.07) is 5.98. The molecule has 22 heavy (non-hydrogen) atoms. The van der Waals surface area contributed by atoms with Crippen molar-refractivity contribution >= 4 is 6.29 Å². The lowest BCUT2D eigenvalue weighted by Crippen LogP contribution is -2.17. The van der Waals surface area contributed by atoms with Gasteiger partial charge in [0.25, 0.3) is 0 Å². The molecule has 0 heterocycles. The average molecular weight is 314 g/mol. The number of carbonyl (C=O) groups is 1. The minimum Gasteiger partial charge on any atom is -0.406 e. The topological polar surface area (TPSA) is 26.3 Å². The quantitative estimate of drug-likeness (QED) is 0.347. The van der Waals surface area contributed by atoms with Crippen molar-refractivity contribution in [2.24, 2.45) is 0 Å². The van der Waals surface area contributed by atoms with Crippen LogP contribution in [0.25, 0.3) is 0 Å². The van der Waals surface area contributed by atoms with E-state index < -0.39 is 6.36 Å². The van der Waals surface area contributed by atoms with Crippen molar-refractivity contribution in [3.8, 4) is 5.75 Å². The third-order valence-corrected chi connectivity index (χ3v) is 3.38. The maximum absolute atomic E-state index is 12.1. The van der Waals surface area contributed by atoms with E-state index in [-0.39, 0.29) is 11.7 Å². The SMILES string of the molecule is CCCCCC(C/C=C/C=O)c1ccc(OC(F)(F)F)cc1. The van der Waals surface area contributed by atoms with Crippen molar-refractivity contribution in [1.82, 2.24) is 0 Å². The fourth-order valence-electron chi connectivity index (χ4n) is 2.30. The maximum Gasteiger partial charge on any atom is 0.573 e. The normalized spacial score (nSPS) is 13.3. The van der Waals surface area contributed by atoms with Crippen LogP contribution >= 0.6 is 0 Å². The summed E-state index contributed by atoms with van der Waals surface area (Å²) >= 11 is 0. The Kier molecular flexibility index (Phi) is 7.71. The van der Waals surface area contributed by atoms with Crippen molar-refractivity contribution < 1.29 is 22.7 Å². The van der Waals surface area contributed by atoms with Gasteiger partial charge in [-0.1, -0.05) is 44.4 Å². The first-order chi connectivity index (χ1) is 10.5. The summed E-state index contributed by atoms with van der Waals surface area (Å²) in [5, 5.41) is 0. The zero-order chi connectivity index (χ0) is 16.4. The summed E-state index contributed by atoms with van der Waals surface area (Å²) in [6.07, 6.45) is 4.21. The van der Waals surface area contributed by atoms with Gasteiger partial charge < -0.3 is 4.74 Å². The van der Waals surface area contributed by atoms with E-state index in [1.807, 2.05) is 0 Å². The number of alkyl halides is 3. The van der Waals surface area contributed by atoms with Crippen molar-refractivity contribution in [2.75, 3.05) is 0 Å². The monoisotopic (exact) mass is 314 g/mol. The van der Waals surface area contributed by atoms with E-state index in [4.69, 9.17) is 0 Å². The fourth-order valence-corrected chi connectivity index (χ4v) is 2.30. The largest absolute Gasteiger partial charge is 0.573 e. The minimum atomic E-state index is -4.67. The highest BCUT2D eigenvalue weighted by Gasteiger charge is 2.31. The van der Waals surface area contributed by atoms with Gasteiger partial charge in [0.1, 0.15) is 12.0 Å². The predicted molar refractivity (Wildman–Crippen MR) is 79.8 cm³/mol. The molecule has 0 aliphatic carbocycles. The number of carbonyl (C=O) groups excluding carboxylic acids is 1. The van der Waals surface area contributed by atoms with E-state index in [1.54, 1.807) is 18.2 Å². The second kappa shape index (κ2) is 9.28. The van der Waals surface area contributed by atoms with Crippen LogP contribution in [0.4, 0.5) is 13.2 Å². The zero-order valence-corrected chi connectivity index (χ0v) is 12.6. The molecule has 0 saturated heterocycles. The van der Waals surface area contributed by atoms with E-state index >= 15 is 0 Å². The first-order valence-electron chi connectivity index (χ1n) is 7.42. The molecule has 122 valence electrons. The third kappa shape index (κ3) is 7.29. The highest BCUT2D eigenvalue weighted by Crippen LogP contribution is 2.29. The minimum absolute atomic E-state index is 0.197. The molecule has 0 aliphatic heterocycles. The van der Waals surface area contributed by atoms with Crippen molar-refractivity contribution in [2.45, 2.75) is 51.3 Å². The van der Waals surface area contributed by atoms with Crippen LogP contribution < -0.4 is 4.74 Å². The highest BCUT2D eigenvalue weighted by molar-refractivity contribution is 5.64. The maximum atomic E-state index is 12.1. The van der Waals surface area contributed by atoms with Crippen LogP contribution in [0.3, 0.4) is 0 Å². The van der Waals surface area contributed by atoms with Crippen LogP contribution in [-0.4, -0.2) is 12.6 Å². The van der Waals surface area contributed by atoms with Gasteiger partial charge in [-0.2, -0.15) is 0 Å². The van der Waals surface area contributed by atoms with Crippen LogP contribution in [0.1, 0.15) is 50.5 Å². The lowest BCUT2D eigenvalue weighted by Gasteiger charge is -2.16. The molecule has 0 aromatic heterocycles. The van der Waals surface area contributed by atoms with Crippen molar-refractivity contribution in [3.05, 3.63) is 42.0 Å². The molecule has 0 radical (unpaired) electrons. The molecule has 5 heteroatoms.